The van der Waals surface area contributed by atoms with E-state index in [0.717, 1.165) is 27.6 Å². The second kappa shape index (κ2) is 13.2. The molecule has 0 saturated heterocycles. The highest BCUT2D eigenvalue weighted by Crippen LogP contribution is 2.65. The van der Waals surface area contributed by atoms with Gasteiger partial charge in [-0.05, 0) is 137 Å². The van der Waals surface area contributed by atoms with Gasteiger partial charge in [-0.2, -0.15) is 0 Å². The number of para-hydroxylation sites is 1. The third-order valence-electron chi connectivity index (χ3n) is 15.2. The van der Waals surface area contributed by atoms with Crippen molar-refractivity contribution < 1.29 is 0 Å². The van der Waals surface area contributed by atoms with E-state index in [-0.39, 0.29) is 0 Å². The highest BCUT2D eigenvalue weighted by molar-refractivity contribution is 6.14. The zero-order chi connectivity index (χ0) is 43.0. The smallest absolute Gasteiger partial charge is 0.0788 e. The number of fused-ring (bicyclic) bond motifs is 23. The summed E-state index contributed by atoms with van der Waals surface area (Å²) in [5.74, 6) is 0. The Labute approximate surface area is 379 Å². The number of aromatic nitrogens is 1. The molecule has 2 spiro atoms. The van der Waals surface area contributed by atoms with Gasteiger partial charge in [0.25, 0.3) is 0 Å². The predicted octanol–water partition coefficient (Wildman–Crippen LogP) is 15.7. The van der Waals surface area contributed by atoms with Gasteiger partial charge >= 0.3 is 0 Å². The lowest BCUT2D eigenvalue weighted by molar-refractivity contribution is 0.793. The largest absolute Gasteiger partial charge is 0.247 e. The first-order valence-electron chi connectivity index (χ1n) is 22.7. The molecule has 302 valence electrons. The van der Waals surface area contributed by atoms with Crippen molar-refractivity contribution in [3.05, 3.63) is 281 Å². The highest BCUT2D eigenvalue weighted by atomic mass is 14.7. The molecule has 1 heterocycles. The Morgan fingerprint density at radius 3 is 1.42 bits per heavy atom. The molecule has 0 amide bonds. The van der Waals surface area contributed by atoms with Crippen LogP contribution in [-0.4, -0.2) is 4.98 Å². The molecule has 4 aliphatic rings. The van der Waals surface area contributed by atoms with Gasteiger partial charge in [-0.1, -0.05) is 201 Å². The lowest BCUT2D eigenvalue weighted by atomic mass is 9.70. The quantitative estimate of drug-likeness (QED) is 0.127. The van der Waals surface area contributed by atoms with Crippen molar-refractivity contribution >= 4 is 32.8 Å². The molecule has 0 unspecified atom stereocenters. The first-order valence-corrected chi connectivity index (χ1v) is 22.7. The summed E-state index contributed by atoms with van der Waals surface area (Å²) in [7, 11) is 0. The predicted molar refractivity (Wildman–Crippen MR) is 270 cm³/mol. The lowest BCUT2D eigenvalue weighted by Crippen LogP contribution is -2.25. The summed E-state index contributed by atoms with van der Waals surface area (Å²) in [6.07, 6.45) is 6.41. The molecule has 0 saturated carbocycles. The fraction of sp³-hybridized carbons (Fsp3) is 0.0469. The van der Waals surface area contributed by atoms with Gasteiger partial charge in [0, 0.05) is 16.3 Å². The molecule has 0 fully saturated rings. The zero-order valence-corrected chi connectivity index (χ0v) is 35.9. The van der Waals surface area contributed by atoms with Gasteiger partial charge in [-0.3, -0.25) is 0 Å². The van der Waals surface area contributed by atoms with Gasteiger partial charge in [0.15, 0.2) is 0 Å². The summed E-state index contributed by atoms with van der Waals surface area (Å²) < 4.78 is 0. The molecule has 0 N–H and O–H groups in total. The number of rotatable bonds is 4. The van der Waals surface area contributed by atoms with Gasteiger partial charge in [-0.15, -0.1) is 0 Å². The first-order chi connectivity index (χ1) is 32.1. The van der Waals surface area contributed by atoms with E-state index in [9.17, 15) is 0 Å². The van der Waals surface area contributed by atoms with Crippen LogP contribution in [0, 0.1) is 0 Å². The van der Waals surface area contributed by atoms with E-state index >= 15 is 0 Å². The Morgan fingerprint density at radius 2 is 0.862 bits per heavy atom. The molecule has 1 aromatic heterocycles. The number of allylic oxidation sites excluding steroid dienone is 5. The van der Waals surface area contributed by atoms with Gasteiger partial charge in [0.1, 0.15) is 0 Å². The Balaban J connectivity index is 1.01. The molecule has 10 aromatic rings. The monoisotopic (exact) mass is 823 g/mol. The minimum Gasteiger partial charge on any atom is -0.247 e. The molecule has 0 bridgehead atoms. The Kier molecular flexibility index (Phi) is 7.39. The van der Waals surface area contributed by atoms with Crippen molar-refractivity contribution in [2.75, 3.05) is 0 Å². The molecule has 0 aliphatic heterocycles. The second-order valence-corrected chi connectivity index (χ2v) is 18.1. The van der Waals surface area contributed by atoms with Gasteiger partial charge in [0.2, 0.25) is 0 Å². The van der Waals surface area contributed by atoms with Crippen molar-refractivity contribution in [3.8, 4) is 44.5 Å². The number of pyridine rings is 1. The minimum atomic E-state index is -0.435. The molecule has 65 heavy (non-hydrogen) atoms. The molecular formula is C64H41N. The van der Waals surface area contributed by atoms with Crippen LogP contribution in [0.5, 0.6) is 0 Å². The zero-order valence-electron chi connectivity index (χ0n) is 35.9. The van der Waals surface area contributed by atoms with E-state index in [0.29, 0.717) is 0 Å². The van der Waals surface area contributed by atoms with E-state index < -0.39 is 10.8 Å². The van der Waals surface area contributed by atoms with E-state index in [1.54, 1.807) is 0 Å². The Morgan fingerprint density at radius 1 is 0.415 bits per heavy atom. The maximum atomic E-state index is 5.57. The number of hydrogen-bond acceptors (Lipinski definition) is 1. The normalized spacial score (nSPS) is 15.0. The number of nitrogens with zero attached hydrogens (tertiary/aromatic N) is 1. The first kappa shape index (κ1) is 36.4. The summed E-state index contributed by atoms with van der Waals surface area (Å²) in [6.45, 7) is 6.54. The van der Waals surface area contributed by atoms with E-state index in [4.69, 9.17) is 4.98 Å². The fourth-order valence-corrected chi connectivity index (χ4v) is 12.9. The molecule has 1 nitrogen and oxygen atoms in total. The Hall–Kier alpha value is -8.13. The van der Waals surface area contributed by atoms with Crippen molar-refractivity contribution in [1.82, 2.24) is 4.98 Å². The van der Waals surface area contributed by atoms with E-state index in [1.807, 2.05) is 6.08 Å². The minimum absolute atomic E-state index is 0.403. The maximum absolute atomic E-state index is 5.57. The Bertz CT molecular complexity index is 3730. The second-order valence-electron chi connectivity index (χ2n) is 18.1. The van der Waals surface area contributed by atoms with Gasteiger partial charge in [-0.25, -0.2) is 4.98 Å². The number of hydrogen-bond donors (Lipinski definition) is 0. The van der Waals surface area contributed by atoms with Crippen molar-refractivity contribution in [2.45, 2.75) is 17.8 Å². The van der Waals surface area contributed by atoms with Crippen LogP contribution in [0.2, 0.25) is 0 Å². The topological polar surface area (TPSA) is 12.9 Å². The molecule has 9 aromatic carbocycles. The molecule has 0 radical (unpaired) electrons. The summed E-state index contributed by atoms with van der Waals surface area (Å²) in [5, 5.41) is 3.49. The molecular weight excluding hydrogens is 783 g/mol. The molecule has 14 rings (SSSR count). The summed E-state index contributed by atoms with van der Waals surface area (Å²) in [5.41, 5.74) is 25.6. The third-order valence-corrected chi connectivity index (χ3v) is 15.2. The highest BCUT2D eigenvalue weighted by Gasteiger charge is 2.53. The van der Waals surface area contributed by atoms with E-state index in [1.165, 1.54) is 106 Å². The fourth-order valence-electron chi connectivity index (χ4n) is 12.9. The lowest BCUT2D eigenvalue weighted by Gasteiger charge is -2.30. The van der Waals surface area contributed by atoms with Crippen LogP contribution >= 0.6 is 0 Å². The molecule has 4 aliphatic carbocycles. The number of benzene rings is 9. The average molecular weight is 824 g/mol. The third kappa shape index (κ3) is 4.50. The SMILES string of the molecule is C=C/C=C(\C=C(/C)c1cccc2c1-c1ccccc1C21c2ccccc2-c2ccccc21)c1nc2ccccc2c2cc3c(cc12)-c1ccccc1C31c2ccccc2-c2ccccc21. The summed E-state index contributed by atoms with van der Waals surface area (Å²) in [6, 6.07) is 74.8. The van der Waals surface area contributed by atoms with Crippen LogP contribution < -0.4 is 0 Å². The van der Waals surface area contributed by atoms with Crippen LogP contribution in [0.4, 0.5) is 0 Å². The maximum Gasteiger partial charge on any atom is 0.0788 e. The molecule has 0 atom stereocenters. The average Bonchev–Trinajstić information content (AvgIpc) is 4.04. The van der Waals surface area contributed by atoms with Gasteiger partial charge in [0.05, 0.1) is 22.0 Å². The van der Waals surface area contributed by atoms with Crippen molar-refractivity contribution in [1.29, 1.82) is 0 Å². The van der Waals surface area contributed by atoms with Crippen LogP contribution in [0.25, 0.3) is 77.3 Å². The summed E-state index contributed by atoms with van der Waals surface area (Å²) in [4.78, 5) is 5.57. The van der Waals surface area contributed by atoms with Gasteiger partial charge < -0.3 is 0 Å². The van der Waals surface area contributed by atoms with Crippen molar-refractivity contribution in [3.63, 3.8) is 0 Å². The van der Waals surface area contributed by atoms with Crippen LogP contribution in [0.3, 0.4) is 0 Å². The standard InChI is InChI=1S/C64H41N/c1-3-19-40(36-39(2)41-27-18-34-58-61(41)48-26-9-16-33-57(48)63(58)52-28-11-4-20-42(52)43-21-5-12-29-53(43)63)62-51-37-50-46-24-8-15-32-56(46)64(59(50)38-49(51)47-25-10-17-35-60(47)65-62)54-30-13-6-22-44(54)45-23-7-14-31-55(45)64/h3-38H,1H2,2H3/b39-36+,40-19+. The van der Waals surface area contributed by atoms with Crippen LogP contribution in [-0.2, 0) is 10.8 Å². The summed E-state index contributed by atoms with van der Waals surface area (Å²) >= 11 is 0. The van der Waals surface area contributed by atoms with Crippen LogP contribution in [0.1, 0.15) is 62.7 Å². The van der Waals surface area contributed by atoms with Crippen molar-refractivity contribution in [2.24, 2.45) is 0 Å². The molecule has 1 heteroatoms. The van der Waals surface area contributed by atoms with E-state index in [2.05, 4.69) is 226 Å². The van der Waals surface area contributed by atoms with Crippen LogP contribution in [0.15, 0.2) is 225 Å².